The number of hydrogen-bond donors (Lipinski definition) is 3. The molecule has 120 valence electrons. The average Bonchev–Trinajstić information content (AvgIpc) is 2.46. The largest absolute Gasteiger partial charge is 0.395 e. The summed E-state index contributed by atoms with van der Waals surface area (Å²) >= 11 is 8.82. The Morgan fingerprint density at radius 2 is 2.00 bits per heavy atom. The van der Waals surface area contributed by atoms with Gasteiger partial charge >= 0.3 is 0 Å². The zero-order chi connectivity index (χ0) is 16.4. The number of hydrogen-bond acceptors (Lipinski definition) is 4. The van der Waals surface area contributed by atoms with Crippen LogP contribution in [0.5, 0.6) is 0 Å². The van der Waals surface area contributed by atoms with Crippen molar-refractivity contribution >= 4 is 43.2 Å². The van der Waals surface area contributed by atoms with E-state index >= 15 is 0 Å². The molecule has 1 aromatic rings. The van der Waals surface area contributed by atoms with E-state index in [9.17, 15) is 17.9 Å². The number of nitrogens with one attached hydrogen (secondary N) is 1. The lowest BCUT2D eigenvalue weighted by atomic mass is 9.96. The summed E-state index contributed by atoms with van der Waals surface area (Å²) in [6.45, 7) is 3.05. The molecule has 0 bridgehead atoms. The van der Waals surface area contributed by atoms with Crippen LogP contribution in [0.4, 0.5) is 10.1 Å². The predicted molar refractivity (Wildman–Crippen MR) is 84.2 cm³/mol. The van der Waals surface area contributed by atoms with E-state index in [-0.39, 0.29) is 15.2 Å². The number of halogens is 3. The molecule has 5 nitrogen and oxygen atoms in total. The van der Waals surface area contributed by atoms with Gasteiger partial charge in [-0.05, 0) is 34.8 Å². The van der Waals surface area contributed by atoms with Crippen molar-refractivity contribution in [2.45, 2.75) is 37.1 Å². The Bertz CT molecular complexity index is 628. The van der Waals surface area contributed by atoms with Gasteiger partial charge in [0.2, 0.25) is 10.0 Å². The molecule has 1 rings (SSSR count). The van der Waals surface area contributed by atoms with Crippen LogP contribution in [0.1, 0.15) is 26.7 Å². The minimum absolute atomic E-state index is 0.0168. The molecule has 0 aliphatic heterocycles. The van der Waals surface area contributed by atoms with Crippen molar-refractivity contribution in [3.63, 3.8) is 0 Å². The highest BCUT2D eigenvalue weighted by atomic mass is 79.9. The molecule has 0 fully saturated rings. The number of aliphatic hydroxyl groups excluding tert-OH is 1. The van der Waals surface area contributed by atoms with Crippen molar-refractivity contribution in [3.05, 3.63) is 21.4 Å². The number of aliphatic hydroxyl groups is 1. The molecule has 9 heteroatoms. The molecular formula is C12H17BrClFN2O3S. The summed E-state index contributed by atoms with van der Waals surface area (Å²) in [5, 5.41) is 9.41. The van der Waals surface area contributed by atoms with Gasteiger partial charge in [0.1, 0.15) is 4.90 Å². The molecule has 0 atom stereocenters. The Balaban J connectivity index is 3.39. The predicted octanol–water partition coefficient (Wildman–Crippen LogP) is 2.65. The van der Waals surface area contributed by atoms with Crippen LogP contribution < -0.4 is 10.5 Å². The molecule has 0 amide bonds. The lowest BCUT2D eigenvalue weighted by Crippen LogP contribution is -2.50. The summed E-state index contributed by atoms with van der Waals surface area (Å²) in [7, 11) is -4.22. The van der Waals surface area contributed by atoms with Gasteiger partial charge in [0.15, 0.2) is 5.82 Å². The van der Waals surface area contributed by atoms with Crippen LogP contribution in [-0.2, 0) is 10.0 Å². The Labute approximate surface area is 136 Å². The third-order valence-corrected chi connectivity index (χ3v) is 6.41. The van der Waals surface area contributed by atoms with E-state index in [1.807, 2.05) is 0 Å². The quantitative estimate of drug-likeness (QED) is 0.503. The Morgan fingerprint density at radius 1 is 1.48 bits per heavy atom. The second-order valence-electron chi connectivity index (χ2n) is 4.65. The summed E-state index contributed by atoms with van der Waals surface area (Å²) in [5.74, 6) is -1.09. The van der Waals surface area contributed by atoms with Crippen LogP contribution in [0.25, 0.3) is 0 Å². The molecule has 0 aromatic heterocycles. The number of rotatable bonds is 6. The number of benzene rings is 1. The van der Waals surface area contributed by atoms with Gasteiger partial charge < -0.3 is 10.8 Å². The van der Waals surface area contributed by atoms with Crippen LogP contribution in [0, 0.1) is 5.82 Å². The minimum Gasteiger partial charge on any atom is -0.395 e. The second kappa shape index (κ2) is 6.78. The molecule has 0 aliphatic rings. The normalized spacial score (nSPS) is 12.7. The maximum atomic E-state index is 14.1. The first-order valence-corrected chi connectivity index (χ1v) is 8.87. The van der Waals surface area contributed by atoms with Gasteiger partial charge in [-0.3, -0.25) is 0 Å². The molecule has 21 heavy (non-hydrogen) atoms. The first-order chi connectivity index (χ1) is 9.64. The van der Waals surface area contributed by atoms with Crippen LogP contribution >= 0.6 is 27.5 Å². The van der Waals surface area contributed by atoms with Gasteiger partial charge in [-0.2, -0.15) is 0 Å². The topological polar surface area (TPSA) is 92.4 Å². The zero-order valence-corrected chi connectivity index (χ0v) is 14.7. The summed E-state index contributed by atoms with van der Waals surface area (Å²) in [5.41, 5.74) is 4.05. The molecule has 0 saturated heterocycles. The van der Waals surface area contributed by atoms with Crippen molar-refractivity contribution in [3.8, 4) is 0 Å². The smallest absolute Gasteiger partial charge is 0.244 e. The van der Waals surface area contributed by atoms with Crippen molar-refractivity contribution in [2.24, 2.45) is 0 Å². The monoisotopic (exact) mass is 402 g/mol. The van der Waals surface area contributed by atoms with E-state index in [0.717, 1.165) is 6.07 Å². The maximum absolute atomic E-state index is 14.1. The highest BCUT2D eigenvalue weighted by molar-refractivity contribution is 9.10. The number of nitrogen functional groups attached to an aromatic ring is 1. The highest BCUT2D eigenvalue weighted by Gasteiger charge is 2.34. The molecule has 4 N–H and O–H groups in total. The average molecular weight is 404 g/mol. The van der Waals surface area contributed by atoms with E-state index in [1.165, 1.54) is 0 Å². The number of nitrogens with two attached hydrogens (primary N) is 1. The molecule has 0 saturated carbocycles. The van der Waals surface area contributed by atoms with Gasteiger partial charge in [-0.15, -0.1) is 0 Å². The molecule has 0 aliphatic carbocycles. The first-order valence-electron chi connectivity index (χ1n) is 6.22. The molecule has 0 unspecified atom stereocenters. The molecule has 0 radical (unpaired) electrons. The van der Waals surface area contributed by atoms with Gasteiger partial charge in [0, 0.05) is 0 Å². The van der Waals surface area contributed by atoms with Crippen molar-refractivity contribution < 1.29 is 17.9 Å². The molecule has 1 aromatic carbocycles. The fourth-order valence-electron chi connectivity index (χ4n) is 1.79. The van der Waals surface area contributed by atoms with E-state index in [4.69, 9.17) is 17.3 Å². The van der Waals surface area contributed by atoms with Crippen LogP contribution in [0.3, 0.4) is 0 Å². The summed E-state index contributed by atoms with van der Waals surface area (Å²) < 4.78 is 41.3. The SMILES string of the molecule is CCC(CC)(CO)NS(=O)(=O)c1cc(Cl)c(Br)c(N)c1F. The van der Waals surface area contributed by atoms with E-state index in [1.54, 1.807) is 13.8 Å². The fraction of sp³-hybridized carbons (Fsp3) is 0.500. The lowest BCUT2D eigenvalue weighted by Gasteiger charge is -2.30. The first kappa shape index (κ1) is 18.6. The van der Waals surface area contributed by atoms with Gasteiger partial charge in [-0.1, -0.05) is 25.4 Å². The Kier molecular flexibility index (Phi) is 6.02. The van der Waals surface area contributed by atoms with E-state index in [0.29, 0.717) is 12.8 Å². The zero-order valence-electron chi connectivity index (χ0n) is 11.6. The van der Waals surface area contributed by atoms with Gasteiger partial charge in [-0.25, -0.2) is 17.5 Å². The van der Waals surface area contributed by atoms with E-state index in [2.05, 4.69) is 20.7 Å². The number of anilines is 1. The second-order valence-corrected chi connectivity index (χ2v) is 7.50. The van der Waals surface area contributed by atoms with Crippen LogP contribution in [0.15, 0.2) is 15.4 Å². The Hall–Kier alpha value is -0.410. The van der Waals surface area contributed by atoms with E-state index < -0.39 is 32.9 Å². The minimum atomic E-state index is -4.22. The van der Waals surface area contributed by atoms with Crippen molar-refractivity contribution in [1.29, 1.82) is 0 Å². The lowest BCUT2D eigenvalue weighted by molar-refractivity contribution is 0.172. The summed E-state index contributed by atoms with van der Waals surface area (Å²) in [4.78, 5) is -0.645. The summed E-state index contributed by atoms with van der Waals surface area (Å²) in [6.07, 6.45) is 0.696. The Morgan fingerprint density at radius 3 is 2.43 bits per heavy atom. The standard InChI is InChI=1S/C12H17BrClFN2O3S/c1-3-12(4-2,6-18)17-21(19,20)8-5-7(14)9(13)11(16)10(8)15/h5,17-18H,3-4,6,16H2,1-2H3. The third kappa shape index (κ3) is 3.68. The third-order valence-electron chi connectivity index (χ3n) is 3.45. The van der Waals surface area contributed by atoms with Gasteiger partial charge in [0.05, 0.1) is 27.3 Å². The fourth-order valence-corrected chi connectivity index (χ4v) is 4.00. The van der Waals surface area contributed by atoms with Crippen LogP contribution in [-0.4, -0.2) is 25.7 Å². The van der Waals surface area contributed by atoms with Crippen molar-refractivity contribution in [1.82, 2.24) is 4.72 Å². The molecule has 0 heterocycles. The molecule has 0 spiro atoms. The van der Waals surface area contributed by atoms with Crippen LogP contribution in [0.2, 0.25) is 5.02 Å². The van der Waals surface area contributed by atoms with Crippen molar-refractivity contribution in [2.75, 3.05) is 12.3 Å². The van der Waals surface area contributed by atoms with Gasteiger partial charge in [0.25, 0.3) is 0 Å². The maximum Gasteiger partial charge on any atom is 0.244 e. The molecular weight excluding hydrogens is 387 g/mol. The summed E-state index contributed by atoms with van der Waals surface area (Å²) in [6, 6.07) is 0.979. The number of sulfonamides is 1. The highest BCUT2D eigenvalue weighted by Crippen LogP contribution is 2.35.